The third-order valence-electron chi connectivity index (χ3n) is 3.28. The van der Waals surface area contributed by atoms with Crippen molar-refractivity contribution in [1.29, 1.82) is 5.26 Å². The minimum Gasteiger partial charge on any atom is -0.497 e. The van der Waals surface area contributed by atoms with E-state index < -0.39 is 5.97 Å². The molecule has 0 N–H and O–H groups in total. The van der Waals surface area contributed by atoms with Crippen molar-refractivity contribution in [3.8, 4) is 11.8 Å². The van der Waals surface area contributed by atoms with Crippen LogP contribution in [-0.4, -0.2) is 19.7 Å². The second kappa shape index (κ2) is 7.81. The third kappa shape index (κ3) is 3.78. The molecule has 2 aromatic carbocycles. The molecule has 0 fully saturated rings. The number of carbonyl (C=O) groups is 1. The summed E-state index contributed by atoms with van der Waals surface area (Å²) in [5.74, 6) is 0.0838. The average Bonchev–Trinajstić information content (AvgIpc) is 2.60. The monoisotopic (exact) mass is 307 g/mol. The minimum absolute atomic E-state index is 0.0109. The van der Waals surface area contributed by atoms with E-state index in [-0.39, 0.29) is 12.2 Å². The molecule has 0 amide bonds. The lowest BCUT2D eigenvalue weighted by Crippen LogP contribution is -2.09. The largest absolute Gasteiger partial charge is 0.497 e. The Labute approximate surface area is 135 Å². The Morgan fingerprint density at radius 2 is 1.65 bits per heavy atom. The minimum atomic E-state index is -0.621. The Morgan fingerprint density at radius 1 is 1.04 bits per heavy atom. The highest BCUT2D eigenvalue weighted by Gasteiger charge is 2.19. The molecule has 4 nitrogen and oxygen atoms in total. The maximum Gasteiger partial charge on any atom is 0.349 e. The molecule has 0 heterocycles. The molecular weight excluding hydrogens is 290 g/mol. The van der Waals surface area contributed by atoms with Gasteiger partial charge < -0.3 is 9.47 Å². The second-order valence-corrected chi connectivity index (χ2v) is 4.68. The second-order valence-electron chi connectivity index (χ2n) is 4.68. The Hall–Kier alpha value is -3.06. The molecule has 0 saturated heterocycles. The van der Waals surface area contributed by atoms with Crippen LogP contribution >= 0.6 is 0 Å². The maximum atomic E-state index is 12.2. The summed E-state index contributed by atoms with van der Waals surface area (Å²) in [6, 6.07) is 18.5. The predicted molar refractivity (Wildman–Crippen MR) is 87.7 cm³/mol. The predicted octanol–water partition coefficient (Wildman–Crippen LogP) is 3.58. The molecule has 0 unspecified atom stereocenters. The molecule has 116 valence electrons. The van der Waals surface area contributed by atoms with Crippen LogP contribution in [-0.2, 0) is 9.53 Å². The zero-order valence-electron chi connectivity index (χ0n) is 13.1. The van der Waals surface area contributed by atoms with E-state index in [9.17, 15) is 10.1 Å². The lowest BCUT2D eigenvalue weighted by Gasteiger charge is -2.12. The molecule has 0 aliphatic carbocycles. The van der Waals surface area contributed by atoms with Crippen molar-refractivity contribution in [3.05, 3.63) is 71.3 Å². The molecule has 0 aromatic heterocycles. The molecule has 2 rings (SSSR count). The molecule has 0 aliphatic heterocycles. The van der Waals surface area contributed by atoms with Gasteiger partial charge in [0.1, 0.15) is 17.4 Å². The van der Waals surface area contributed by atoms with Crippen molar-refractivity contribution in [2.45, 2.75) is 6.92 Å². The van der Waals surface area contributed by atoms with E-state index in [1.165, 1.54) is 0 Å². The lowest BCUT2D eigenvalue weighted by atomic mass is 9.93. The average molecular weight is 307 g/mol. The highest BCUT2D eigenvalue weighted by molar-refractivity contribution is 6.05. The van der Waals surface area contributed by atoms with Crippen LogP contribution in [0.4, 0.5) is 0 Å². The number of methoxy groups -OCH3 is 1. The summed E-state index contributed by atoms with van der Waals surface area (Å²) >= 11 is 0. The van der Waals surface area contributed by atoms with Crippen molar-refractivity contribution >= 4 is 11.5 Å². The van der Waals surface area contributed by atoms with E-state index in [1.54, 1.807) is 26.2 Å². The SMILES string of the molecule is CCOC(=O)C(C#N)=C(c1ccccc1)c1ccc(OC)cc1. The lowest BCUT2D eigenvalue weighted by molar-refractivity contribution is -0.137. The molecule has 0 bridgehead atoms. The molecule has 0 radical (unpaired) electrons. The van der Waals surface area contributed by atoms with Gasteiger partial charge in [0.15, 0.2) is 0 Å². The molecule has 4 heteroatoms. The number of hydrogen-bond acceptors (Lipinski definition) is 4. The standard InChI is InChI=1S/C19H17NO3/c1-3-23-19(21)17(13-20)18(14-7-5-4-6-8-14)15-9-11-16(22-2)12-10-15/h4-12H,3H2,1-2H3. The van der Waals surface area contributed by atoms with Crippen LogP contribution in [0, 0.1) is 11.3 Å². The Balaban J connectivity index is 2.64. The number of ether oxygens (including phenoxy) is 2. The Kier molecular flexibility index (Phi) is 5.54. The number of nitrogens with zero attached hydrogens (tertiary/aromatic N) is 1. The first-order valence-electron chi connectivity index (χ1n) is 7.22. The molecule has 0 saturated carbocycles. The zero-order valence-corrected chi connectivity index (χ0v) is 13.1. The van der Waals surface area contributed by atoms with Gasteiger partial charge in [0.2, 0.25) is 0 Å². The van der Waals surface area contributed by atoms with Gasteiger partial charge >= 0.3 is 5.97 Å². The van der Waals surface area contributed by atoms with Gasteiger partial charge in [-0.05, 0) is 30.2 Å². The quantitative estimate of drug-likeness (QED) is 0.481. The maximum absolute atomic E-state index is 12.2. The number of hydrogen-bond donors (Lipinski definition) is 0. The van der Waals surface area contributed by atoms with Crippen LogP contribution in [0.3, 0.4) is 0 Å². The summed E-state index contributed by atoms with van der Waals surface area (Å²) in [7, 11) is 1.59. The van der Waals surface area contributed by atoms with Crippen molar-refractivity contribution < 1.29 is 14.3 Å². The van der Waals surface area contributed by atoms with Crippen LogP contribution in [0.1, 0.15) is 18.1 Å². The summed E-state index contributed by atoms with van der Waals surface area (Å²) in [4.78, 5) is 12.2. The van der Waals surface area contributed by atoms with E-state index in [0.717, 1.165) is 11.1 Å². The van der Waals surface area contributed by atoms with Crippen molar-refractivity contribution in [2.75, 3.05) is 13.7 Å². The van der Waals surface area contributed by atoms with Crippen LogP contribution in [0.25, 0.3) is 5.57 Å². The Morgan fingerprint density at radius 3 is 2.17 bits per heavy atom. The van der Waals surface area contributed by atoms with Crippen molar-refractivity contribution in [1.82, 2.24) is 0 Å². The number of carbonyl (C=O) groups excluding carboxylic acids is 1. The first-order valence-corrected chi connectivity index (χ1v) is 7.22. The summed E-state index contributed by atoms with van der Waals surface area (Å²) in [5, 5.41) is 9.48. The molecule has 0 aliphatic rings. The van der Waals surface area contributed by atoms with Gasteiger partial charge in [-0.1, -0.05) is 42.5 Å². The number of esters is 1. The van der Waals surface area contributed by atoms with Crippen LogP contribution < -0.4 is 4.74 Å². The fraction of sp³-hybridized carbons (Fsp3) is 0.158. The van der Waals surface area contributed by atoms with Gasteiger partial charge in [0.25, 0.3) is 0 Å². The summed E-state index contributed by atoms with van der Waals surface area (Å²) in [5.41, 5.74) is 2.07. The topological polar surface area (TPSA) is 59.3 Å². The highest BCUT2D eigenvalue weighted by atomic mass is 16.5. The first kappa shape index (κ1) is 16.3. The molecule has 23 heavy (non-hydrogen) atoms. The zero-order chi connectivity index (χ0) is 16.7. The molecule has 0 spiro atoms. The van der Waals surface area contributed by atoms with E-state index >= 15 is 0 Å². The smallest absolute Gasteiger partial charge is 0.349 e. The van der Waals surface area contributed by atoms with Crippen LogP contribution in [0.5, 0.6) is 5.75 Å². The van der Waals surface area contributed by atoms with Gasteiger partial charge in [-0.3, -0.25) is 0 Å². The number of nitriles is 1. The summed E-state index contributed by atoms with van der Waals surface area (Å²) in [6.07, 6.45) is 0. The Bertz CT molecular complexity index is 740. The fourth-order valence-corrected chi connectivity index (χ4v) is 2.22. The normalized spacial score (nSPS) is 11.2. The molecule has 0 atom stereocenters. The van der Waals surface area contributed by atoms with Gasteiger partial charge in [0.05, 0.1) is 13.7 Å². The van der Waals surface area contributed by atoms with Gasteiger partial charge in [0, 0.05) is 5.57 Å². The summed E-state index contributed by atoms with van der Waals surface area (Å²) in [6.45, 7) is 1.93. The van der Waals surface area contributed by atoms with E-state index in [1.807, 2.05) is 48.5 Å². The fourth-order valence-electron chi connectivity index (χ4n) is 2.22. The molecular formula is C19H17NO3. The van der Waals surface area contributed by atoms with Crippen LogP contribution in [0.15, 0.2) is 60.2 Å². The van der Waals surface area contributed by atoms with Gasteiger partial charge in [-0.15, -0.1) is 0 Å². The first-order chi connectivity index (χ1) is 11.2. The highest BCUT2D eigenvalue weighted by Crippen LogP contribution is 2.28. The van der Waals surface area contributed by atoms with Gasteiger partial charge in [-0.2, -0.15) is 5.26 Å². The molecule has 2 aromatic rings. The van der Waals surface area contributed by atoms with E-state index in [0.29, 0.717) is 11.3 Å². The van der Waals surface area contributed by atoms with E-state index in [2.05, 4.69) is 0 Å². The summed E-state index contributed by atoms with van der Waals surface area (Å²) < 4.78 is 10.2. The number of benzene rings is 2. The van der Waals surface area contributed by atoms with Crippen LogP contribution in [0.2, 0.25) is 0 Å². The van der Waals surface area contributed by atoms with E-state index in [4.69, 9.17) is 9.47 Å². The van der Waals surface area contributed by atoms with Gasteiger partial charge in [-0.25, -0.2) is 4.79 Å². The van der Waals surface area contributed by atoms with Crippen molar-refractivity contribution in [3.63, 3.8) is 0 Å². The van der Waals surface area contributed by atoms with Crippen molar-refractivity contribution in [2.24, 2.45) is 0 Å². The third-order valence-corrected chi connectivity index (χ3v) is 3.28. The number of rotatable bonds is 5.